The van der Waals surface area contributed by atoms with Crippen LogP contribution in [0.15, 0.2) is 18.2 Å². The lowest BCUT2D eigenvalue weighted by atomic mass is 10.4. The summed E-state index contributed by atoms with van der Waals surface area (Å²) in [5.41, 5.74) is 0. The summed E-state index contributed by atoms with van der Waals surface area (Å²) in [4.78, 5) is 2.20. The molecule has 11 heavy (non-hydrogen) atoms. The molecule has 0 fully saturated rings. The zero-order valence-corrected chi connectivity index (χ0v) is 8.36. The molecule has 0 aliphatic heterocycles. The summed E-state index contributed by atoms with van der Waals surface area (Å²) in [6.07, 6.45) is 4.07. The van der Waals surface area contributed by atoms with Gasteiger partial charge in [-0.05, 0) is 18.2 Å². The SMILES string of the molecule is OCc1ccc(C=CCBr)s1. The summed E-state index contributed by atoms with van der Waals surface area (Å²) in [6.45, 7) is 0.146. The Labute approximate surface area is 78.5 Å². The molecule has 0 aliphatic carbocycles. The highest BCUT2D eigenvalue weighted by Gasteiger charge is 1.93. The smallest absolute Gasteiger partial charge is 0.0774 e. The maximum atomic E-state index is 8.75. The number of alkyl halides is 1. The van der Waals surface area contributed by atoms with E-state index >= 15 is 0 Å². The third-order valence-electron chi connectivity index (χ3n) is 1.21. The molecule has 0 radical (unpaired) electrons. The minimum Gasteiger partial charge on any atom is -0.391 e. The molecule has 0 spiro atoms. The molecule has 1 aromatic rings. The summed E-state index contributed by atoms with van der Waals surface area (Å²) in [5.74, 6) is 0. The molecule has 0 aromatic carbocycles. The first-order chi connectivity index (χ1) is 5.36. The predicted octanol–water partition coefficient (Wildman–Crippen LogP) is 2.65. The number of thiophene rings is 1. The molecule has 60 valence electrons. The molecule has 1 rings (SSSR count). The van der Waals surface area contributed by atoms with Crippen LogP contribution in [0.25, 0.3) is 6.08 Å². The van der Waals surface area contributed by atoms with Gasteiger partial charge < -0.3 is 5.11 Å². The first-order valence-corrected chi connectivity index (χ1v) is 5.22. The van der Waals surface area contributed by atoms with Crippen molar-refractivity contribution < 1.29 is 5.11 Å². The predicted molar refractivity (Wildman–Crippen MR) is 53.1 cm³/mol. The maximum Gasteiger partial charge on any atom is 0.0774 e. The molecule has 0 saturated heterocycles. The summed E-state index contributed by atoms with van der Waals surface area (Å²) in [6, 6.07) is 3.95. The fraction of sp³-hybridized carbons (Fsp3) is 0.250. The molecule has 0 amide bonds. The Bertz CT molecular complexity index is 242. The van der Waals surface area contributed by atoms with Gasteiger partial charge in [0.05, 0.1) is 6.61 Å². The van der Waals surface area contributed by atoms with E-state index in [0.29, 0.717) is 0 Å². The van der Waals surface area contributed by atoms with Gasteiger partial charge in [0.25, 0.3) is 0 Å². The van der Waals surface area contributed by atoms with Crippen molar-refractivity contribution in [3.8, 4) is 0 Å². The summed E-state index contributed by atoms with van der Waals surface area (Å²) < 4.78 is 0. The topological polar surface area (TPSA) is 20.2 Å². The van der Waals surface area contributed by atoms with Gasteiger partial charge in [-0.3, -0.25) is 0 Å². The van der Waals surface area contributed by atoms with Crippen LogP contribution in [0, 0.1) is 0 Å². The van der Waals surface area contributed by atoms with Gasteiger partial charge >= 0.3 is 0 Å². The molecule has 3 heteroatoms. The van der Waals surface area contributed by atoms with Crippen molar-refractivity contribution >= 4 is 33.3 Å². The molecule has 0 saturated carbocycles. The van der Waals surface area contributed by atoms with E-state index in [1.807, 2.05) is 24.3 Å². The average molecular weight is 233 g/mol. The van der Waals surface area contributed by atoms with Crippen LogP contribution >= 0.6 is 27.3 Å². The molecular formula is C8H9BrOS. The van der Waals surface area contributed by atoms with E-state index in [-0.39, 0.29) is 6.61 Å². The van der Waals surface area contributed by atoms with Gasteiger partial charge in [0.1, 0.15) is 0 Å². The Morgan fingerprint density at radius 1 is 1.55 bits per heavy atom. The lowest BCUT2D eigenvalue weighted by Gasteiger charge is -1.83. The van der Waals surface area contributed by atoms with E-state index in [0.717, 1.165) is 10.2 Å². The number of aliphatic hydroxyl groups excluding tert-OH is 1. The Morgan fingerprint density at radius 3 is 2.91 bits per heavy atom. The lowest BCUT2D eigenvalue weighted by molar-refractivity contribution is 0.285. The monoisotopic (exact) mass is 232 g/mol. The molecular weight excluding hydrogens is 224 g/mol. The Balaban J connectivity index is 2.65. The first kappa shape index (κ1) is 8.97. The second-order valence-electron chi connectivity index (χ2n) is 2.02. The van der Waals surface area contributed by atoms with Gasteiger partial charge in [0, 0.05) is 15.1 Å². The summed E-state index contributed by atoms with van der Waals surface area (Å²) >= 11 is 4.91. The van der Waals surface area contributed by atoms with Crippen LogP contribution in [0.1, 0.15) is 9.75 Å². The third-order valence-corrected chi connectivity index (χ3v) is 2.62. The van der Waals surface area contributed by atoms with Crippen LogP contribution in [0.5, 0.6) is 0 Å². The molecule has 0 bridgehead atoms. The van der Waals surface area contributed by atoms with E-state index in [1.165, 1.54) is 4.88 Å². The van der Waals surface area contributed by atoms with Crippen molar-refractivity contribution in [1.82, 2.24) is 0 Å². The van der Waals surface area contributed by atoms with E-state index in [1.54, 1.807) is 11.3 Å². The van der Waals surface area contributed by atoms with Crippen LogP contribution in [0.2, 0.25) is 0 Å². The largest absolute Gasteiger partial charge is 0.391 e. The standard InChI is InChI=1S/C8H9BrOS/c9-5-1-2-7-3-4-8(6-10)11-7/h1-4,10H,5-6H2. The minimum atomic E-state index is 0.146. The zero-order valence-electron chi connectivity index (χ0n) is 5.96. The zero-order chi connectivity index (χ0) is 8.10. The van der Waals surface area contributed by atoms with Crippen molar-refractivity contribution in [1.29, 1.82) is 0 Å². The summed E-state index contributed by atoms with van der Waals surface area (Å²) in [7, 11) is 0. The highest BCUT2D eigenvalue weighted by molar-refractivity contribution is 9.09. The molecule has 1 N–H and O–H groups in total. The second kappa shape index (κ2) is 4.70. The fourth-order valence-electron chi connectivity index (χ4n) is 0.730. The van der Waals surface area contributed by atoms with E-state index in [2.05, 4.69) is 15.9 Å². The van der Waals surface area contributed by atoms with Gasteiger partial charge in [-0.15, -0.1) is 11.3 Å². The van der Waals surface area contributed by atoms with Gasteiger partial charge in [-0.25, -0.2) is 0 Å². The fourth-order valence-corrected chi connectivity index (χ4v) is 1.72. The number of hydrogen-bond acceptors (Lipinski definition) is 2. The van der Waals surface area contributed by atoms with Crippen LogP contribution in [0.3, 0.4) is 0 Å². The third kappa shape index (κ3) is 2.77. The quantitative estimate of drug-likeness (QED) is 0.795. The van der Waals surface area contributed by atoms with Crippen LogP contribution < -0.4 is 0 Å². The van der Waals surface area contributed by atoms with E-state index in [9.17, 15) is 0 Å². The van der Waals surface area contributed by atoms with Crippen molar-refractivity contribution in [2.75, 3.05) is 5.33 Å². The Hall–Kier alpha value is -0.120. The van der Waals surface area contributed by atoms with E-state index < -0.39 is 0 Å². The van der Waals surface area contributed by atoms with Crippen molar-refractivity contribution in [2.24, 2.45) is 0 Å². The highest BCUT2D eigenvalue weighted by atomic mass is 79.9. The number of allylic oxidation sites excluding steroid dienone is 1. The number of hydrogen-bond donors (Lipinski definition) is 1. The average Bonchev–Trinajstić information content (AvgIpc) is 2.48. The van der Waals surface area contributed by atoms with Gasteiger partial charge in [0.15, 0.2) is 0 Å². The summed E-state index contributed by atoms with van der Waals surface area (Å²) in [5, 5.41) is 9.63. The van der Waals surface area contributed by atoms with Gasteiger partial charge in [-0.2, -0.15) is 0 Å². The Kier molecular flexibility index (Phi) is 3.83. The van der Waals surface area contributed by atoms with Crippen LogP contribution in [-0.4, -0.2) is 10.4 Å². The minimum absolute atomic E-state index is 0.146. The molecule has 0 unspecified atom stereocenters. The number of aliphatic hydroxyl groups is 1. The normalized spacial score (nSPS) is 11.1. The molecule has 0 aliphatic rings. The first-order valence-electron chi connectivity index (χ1n) is 3.29. The molecule has 0 atom stereocenters. The number of halogens is 1. The van der Waals surface area contributed by atoms with Crippen molar-refractivity contribution in [3.63, 3.8) is 0 Å². The second-order valence-corrected chi connectivity index (χ2v) is 3.87. The van der Waals surface area contributed by atoms with Crippen LogP contribution in [-0.2, 0) is 6.61 Å². The van der Waals surface area contributed by atoms with Crippen molar-refractivity contribution in [2.45, 2.75) is 6.61 Å². The van der Waals surface area contributed by atoms with Crippen LogP contribution in [0.4, 0.5) is 0 Å². The number of rotatable bonds is 3. The Morgan fingerprint density at radius 2 is 2.36 bits per heavy atom. The lowest BCUT2D eigenvalue weighted by Crippen LogP contribution is -1.69. The molecule has 1 nitrogen and oxygen atoms in total. The van der Waals surface area contributed by atoms with Gasteiger partial charge in [-0.1, -0.05) is 22.0 Å². The molecule has 1 aromatic heterocycles. The van der Waals surface area contributed by atoms with Gasteiger partial charge in [0.2, 0.25) is 0 Å². The molecule has 1 heterocycles. The maximum absolute atomic E-state index is 8.75. The highest BCUT2D eigenvalue weighted by Crippen LogP contribution is 2.17. The van der Waals surface area contributed by atoms with Crippen molar-refractivity contribution in [3.05, 3.63) is 28.0 Å². The van der Waals surface area contributed by atoms with E-state index in [4.69, 9.17) is 5.11 Å².